The van der Waals surface area contributed by atoms with Gasteiger partial charge in [-0.15, -0.1) is 0 Å². The lowest BCUT2D eigenvalue weighted by Crippen LogP contribution is -2.37. The Morgan fingerprint density at radius 3 is 2.91 bits per heavy atom. The maximum Gasteiger partial charge on any atom is 0.288 e. The van der Waals surface area contributed by atoms with Crippen LogP contribution in [0.2, 0.25) is 0 Å². The lowest BCUT2D eigenvalue weighted by Gasteiger charge is -2.18. The van der Waals surface area contributed by atoms with E-state index in [0.717, 1.165) is 16.7 Å². The number of nitrogens with one attached hydrogen (secondary N) is 2. The molecule has 0 saturated carbocycles. The zero-order chi connectivity index (χ0) is 16.4. The number of thioether (sulfide) groups is 1. The topological polar surface area (TPSA) is 105 Å². The predicted molar refractivity (Wildman–Crippen MR) is 82.5 cm³/mol. The average molecular weight is 335 g/mol. The van der Waals surface area contributed by atoms with Crippen LogP contribution in [0.4, 0.5) is 10.5 Å². The van der Waals surface area contributed by atoms with Crippen LogP contribution in [-0.4, -0.2) is 53.3 Å². The average Bonchev–Trinajstić information content (AvgIpc) is 2.85. The van der Waals surface area contributed by atoms with Crippen molar-refractivity contribution in [1.29, 1.82) is 0 Å². The van der Waals surface area contributed by atoms with Crippen LogP contribution in [0, 0.1) is 0 Å². The zero-order valence-corrected chi connectivity index (χ0v) is 12.8. The lowest BCUT2D eigenvalue weighted by atomic mass is 10.1. The summed E-state index contributed by atoms with van der Waals surface area (Å²) in [7, 11) is 0. The Morgan fingerprint density at radius 1 is 1.35 bits per heavy atom. The van der Waals surface area contributed by atoms with Crippen molar-refractivity contribution in [1.82, 2.24) is 10.2 Å². The number of amides is 4. The van der Waals surface area contributed by atoms with Gasteiger partial charge in [-0.1, -0.05) is 11.8 Å². The SMILES string of the molecule is O=C1COc2ccc(C(=O)NCCN3C(=O)CSC3=O)cc2N1. The number of hydrogen-bond donors (Lipinski definition) is 2. The number of benzene rings is 1. The third-order valence-electron chi connectivity index (χ3n) is 3.34. The number of carbonyl (C=O) groups is 4. The standard InChI is InChI=1S/C14H13N3O5S/c18-11-6-22-10-2-1-8(5-9(10)16-11)13(20)15-3-4-17-12(19)7-23-14(17)21/h1-2,5H,3-4,6-7H2,(H,15,20)(H,16,18). The highest BCUT2D eigenvalue weighted by Crippen LogP contribution is 2.28. The molecule has 2 aliphatic heterocycles. The molecule has 2 heterocycles. The smallest absolute Gasteiger partial charge is 0.288 e. The van der Waals surface area contributed by atoms with E-state index in [0.29, 0.717) is 17.0 Å². The molecule has 2 N–H and O–H groups in total. The molecule has 1 aromatic carbocycles. The van der Waals surface area contributed by atoms with Crippen LogP contribution in [-0.2, 0) is 9.59 Å². The summed E-state index contributed by atoms with van der Waals surface area (Å²) in [4.78, 5) is 47.3. The van der Waals surface area contributed by atoms with E-state index in [-0.39, 0.29) is 48.4 Å². The number of fused-ring (bicyclic) bond motifs is 1. The van der Waals surface area contributed by atoms with Gasteiger partial charge in [-0.25, -0.2) is 0 Å². The van der Waals surface area contributed by atoms with Crippen LogP contribution < -0.4 is 15.4 Å². The molecule has 0 atom stereocenters. The number of ether oxygens (including phenoxy) is 1. The molecule has 23 heavy (non-hydrogen) atoms. The Morgan fingerprint density at radius 2 is 2.17 bits per heavy atom. The first-order valence-electron chi connectivity index (χ1n) is 6.86. The van der Waals surface area contributed by atoms with E-state index in [2.05, 4.69) is 10.6 Å². The summed E-state index contributed by atoms with van der Waals surface area (Å²) in [5.41, 5.74) is 0.790. The summed E-state index contributed by atoms with van der Waals surface area (Å²) >= 11 is 0.955. The molecule has 120 valence electrons. The molecule has 3 rings (SSSR count). The monoisotopic (exact) mass is 335 g/mol. The molecular weight excluding hydrogens is 322 g/mol. The molecule has 0 radical (unpaired) electrons. The molecule has 0 aromatic heterocycles. The fourth-order valence-electron chi connectivity index (χ4n) is 2.20. The van der Waals surface area contributed by atoms with E-state index in [4.69, 9.17) is 4.74 Å². The summed E-state index contributed by atoms with van der Waals surface area (Å²) in [6.07, 6.45) is 0. The minimum atomic E-state index is -0.362. The van der Waals surface area contributed by atoms with Crippen LogP contribution >= 0.6 is 11.8 Å². The van der Waals surface area contributed by atoms with E-state index >= 15 is 0 Å². The van der Waals surface area contributed by atoms with E-state index < -0.39 is 0 Å². The van der Waals surface area contributed by atoms with Gasteiger partial charge in [0.15, 0.2) is 6.61 Å². The van der Waals surface area contributed by atoms with Gasteiger partial charge in [0, 0.05) is 18.7 Å². The van der Waals surface area contributed by atoms with Gasteiger partial charge in [0.05, 0.1) is 11.4 Å². The molecule has 2 aliphatic rings. The van der Waals surface area contributed by atoms with Gasteiger partial charge in [0.25, 0.3) is 17.1 Å². The van der Waals surface area contributed by atoms with Gasteiger partial charge in [0.2, 0.25) is 5.91 Å². The van der Waals surface area contributed by atoms with Crippen molar-refractivity contribution < 1.29 is 23.9 Å². The summed E-state index contributed by atoms with van der Waals surface area (Å²) in [6, 6.07) is 4.70. The fraction of sp³-hybridized carbons (Fsp3) is 0.286. The minimum Gasteiger partial charge on any atom is -0.482 e. The third kappa shape index (κ3) is 3.29. The molecule has 0 unspecified atom stereocenters. The van der Waals surface area contributed by atoms with E-state index in [1.807, 2.05) is 0 Å². The van der Waals surface area contributed by atoms with Crippen molar-refractivity contribution in [2.75, 3.05) is 30.8 Å². The first-order valence-corrected chi connectivity index (χ1v) is 7.85. The van der Waals surface area contributed by atoms with Gasteiger partial charge >= 0.3 is 0 Å². The summed E-state index contributed by atoms with van der Waals surface area (Å²) in [5.74, 6) is -0.232. The predicted octanol–water partition coefficient (Wildman–Crippen LogP) is 0.443. The van der Waals surface area contributed by atoms with Crippen molar-refractivity contribution in [3.05, 3.63) is 23.8 Å². The Kier molecular flexibility index (Phi) is 4.20. The second kappa shape index (κ2) is 6.29. The number of nitrogens with zero attached hydrogens (tertiary/aromatic N) is 1. The van der Waals surface area contributed by atoms with Crippen molar-refractivity contribution in [2.45, 2.75) is 0 Å². The minimum absolute atomic E-state index is 0.0472. The summed E-state index contributed by atoms with van der Waals surface area (Å²) in [5, 5.41) is 4.97. The first-order chi connectivity index (χ1) is 11.0. The Hall–Kier alpha value is -2.55. The maximum absolute atomic E-state index is 12.1. The van der Waals surface area contributed by atoms with E-state index in [1.165, 1.54) is 6.07 Å². The number of imide groups is 1. The fourth-order valence-corrected chi connectivity index (χ4v) is 2.96. The third-order valence-corrected chi connectivity index (χ3v) is 4.19. The molecule has 1 aromatic rings. The van der Waals surface area contributed by atoms with Crippen molar-refractivity contribution in [3.8, 4) is 5.75 Å². The second-order valence-corrected chi connectivity index (χ2v) is 5.83. The van der Waals surface area contributed by atoms with Crippen LogP contribution in [0.3, 0.4) is 0 Å². The van der Waals surface area contributed by atoms with Crippen molar-refractivity contribution >= 4 is 40.4 Å². The zero-order valence-electron chi connectivity index (χ0n) is 12.0. The quantitative estimate of drug-likeness (QED) is 0.827. The molecule has 9 heteroatoms. The van der Waals surface area contributed by atoms with Gasteiger partial charge in [-0.05, 0) is 18.2 Å². The molecule has 4 amide bonds. The van der Waals surface area contributed by atoms with Gasteiger partial charge in [-0.2, -0.15) is 0 Å². The molecule has 0 aliphatic carbocycles. The first kappa shape index (κ1) is 15.3. The maximum atomic E-state index is 12.1. The van der Waals surface area contributed by atoms with Crippen LogP contribution in [0.15, 0.2) is 18.2 Å². The van der Waals surface area contributed by atoms with Gasteiger partial charge in [-0.3, -0.25) is 24.1 Å². The number of carbonyl (C=O) groups excluding carboxylic acids is 4. The Labute approximate surface area is 135 Å². The summed E-state index contributed by atoms with van der Waals surface area (Å²) in [6.45, 7) is 0.256. The number of hydrogen-bond acceptors (Lipinski definition) is 6. The largest absolute Gasteiger partial charge is 0.482 e. The van der Waals surface area contributed by atoms with Gasteiger partial charge < -0.3 is 15.4 Å². The van der Waals surface area contributed by atoms with E-state index in [1.54, 1.807) is 12.1 Å². The van der Waals surface area contributed by atoms with E-state index in [9.17, 15) is 19.2 Å². The van der Waals surface area contributed by atoms with Crippen molar-refractivity contribution in [2.24, 2.45) is 0 Å². The highest BCUT2D eigenvalue weighted by molar-refractivity contribution is 8.14. The van der Waals surface area contributed by atoms with Crippen molar-refractivity contribution in [3.63, 3.8) is 0 Å². The molecule has 0 spiro atoms. The van der Waals surface area contributed by atoms with Gasteiger partial charge in [0.1, 0.15) is 5.75 Å². The number of rotatable bonds is 4. The lowest BCUT2D eigenvalue weighted by molar-refractivity contribution is -0.124. The summed E-state index contributed by atoms with van der Waals surface area (Å²) < 4.78 is 5.21. The van der Waals surface area contributed by atoms with Crippen LogP contribution in [0.25, 0.3) is 0 Å². The number of anilines is 1. The molecule has 0 bridgehead atoms. The Bertz CT molecular complexity index is 690. The highest BCUT2D eigenvalue weighted by atomic mass is 32.2. The molecule has 1 fully saturated rings. The highest BCUT2D eigenvalue weighted by Gasteiger charge is 2.29. The Balaban J connectivity index is 1.58. The van der Waals surface area contributed by atoms with Crippen LogP contribution in [0.5, 0.6) is 5.75 Å². The molecular formula is C14H13N3O5S. The normalized spacial score (nSPS) is 16.7. The molecule has 1 saturated heterocycles. The molecule has 8 nitrogen and oxygen atoms in total. The second-order valence-electron chi connectivity index (χ2n) is 4.90. The van der Waals surface area contributed by atoms with Crippen LogP contribution in [0.1, 0.15) is 10.4 Å².